The lowest BCUT2D eigenvalue weighted by atomic mass is 10.1. The van der Waals surface area contributed by atoms with E-state index in [2.05, 4.69) is 18.8 Å². The molecular formula is C24H26F2O3. The zero-order valence-corrected chi connectivity index (χ0v) is 16.7. The molecule has 0 saturated carbocycles. The number of unbranched alkanes of at least 4 members (excludes halogenated alkanes) is 2. The second-order valence-corrected chi connectivity index (χ2v) is 6.98. The first-order valence-corrected chi connectivity index (χ1v) is 10.2. The van der Waals surface area contributed by atoms with Gasteiger partial charge in [0.25, 0.3) is 0 Å². The SMILES string of the molecule is CCCCCOc1ccc(C#Cc2ccc(OC3CCCCO3)cc2)c(F)c1F. The molecule has 1 aliphatic rings. The maximum atomic E-state index is 14.3. The fraction of sp³-hybridized carbons (Fsp3) is 0.417. The monoisotopic (exact) mass is 400 g/mol. The molecule has 1 fully saturated rings. The van der Waals surface area contributed by atoms with E-state index in [0.717, 1.165) is 45.1 Å². The van der Waals surface area contributed by atoms with Gasteiger partial charge in [-0.2, -0.15) is 4.39 Å². The molecule has 1 aliphatic heterocycles. The summed E-state index contributed by atoms with van der Waals surface area (Å²) in [5.74, 6) is 4.19. The Labute approximate surface area is 171 Å². The van der Waals surface area contributed by atoms with Crippen LogP contribution in [0, 0.1) is 23.5 Å². The molecule has 3 rings (SSSR count). The average Bonchev–Trinajstić information content (AvgIpc) is 2.75. The Morgan fingerprint density at radius 1 is 1.00 bits per heavy atom. The molecule has 0 aromatic heterocycles. The highest BCUT2D eigenvalue weighted by atomic mass is 19.2. The van der Waals surface area contributed by atoms with Crippen molar-refractivity contribution >= 4 is 0 Å². The minimum atomic E-state index is -0.996. The summed E-state index contributed by atoms with van der Waals surface area (Å²) >= 11 is 0. The third-order valence-electron chi connectivity index (χ3n) is 4.65. The van der Waals surface area contributed by atoms with Crippen molar-refractivity contribution in [3.63, 3.8) is 0 Å². The number of hydrogen-bond donors (Lipinski definition) is 0. The van der Waals surface area contributed by atoms with E-state index in [4.69, 9.17) is 14.2 Å². The molecule has 2 aromatic rings. The fourth-order valence-electron chi connectivity index (χ4n) is 2.99. The first-order valence-electron chi connectivity index (χ1n) is 10.2. The Kier molecular flexibility index (Phi) is 7.89. The highest BCUT2D eigenvalue weighted by Crippen LogP contribution is 2.23. The van der Waals surface area contributed by atoms with E-state index >= 15 is 0 Å². The standard InChI is InChI=1S/C24H26F2O3/c1-2-3-5-16-27-21-15-12-19(23(25)24(21)26)11-8-18-9-13-20(14-10-18)29-22-7-4-6-17-28-22/h9-10,12-15,22H,2-7,16-17H2,1H3. The normalized spacial score (nSPS) is 16.0. The van der Waals surface area contributed by atoms with Crippen LogP contribution < -0.4 is 9.47 Å². The fourth-order valence-corrected chi connectivity index (χ4v) is 2.99. The smallest absolute Gasteiger partial charge is 0.201 e. The number of halogens is 2. The number of ether oxygens (including phenoxy) is 3. The molecule has 0 N–H and O–H groups in total. The van der Waals surface area contributed by atoms with Crippen LogP contribution in [0.15, 0.2) is 36.4 Å². The summed E-state index contributed by atoms with van der Waals surface area (Å²) in [5, 5.41) is 0. The molecule has 154 valence electrons. The topological polar surface area (TPSA) is 27.7 Å². The van der Waals surface area contributed by atoms with Gasteiger partial charge in [-0.05, 0) is 55.7 Å². The van der Waals surface area contributed by atoms with Crippen LogP contribution in [0.4, 0.5) is 8.78 Å². The van der Waals surface area contributed by atoms with Gasteiger partial charge in [0.1, 0.15) is 5.75 Å². The molecule has 29 heavy (non-hydrogen) atoms. The summed E-state index contributed by atoms with van der Waals surface area (Å²) in [5.41, 5.74) is 0.681. The second kappa shape index (κ2) is 10.8. The minimum Gasteiger partial charge on any atom is -0.490 e. The Morgan fingerprint density at radius 2 is 1.83 bits per heavy atom. The predicted octanol–water partition coefficient (Wildman–Crippen LogP) is 5.84. The van der Waals surface area contributed by atoms with Gasteiger partial charge in [-0.25, -0.2) is 4.39 Å². The first-order chi connectivity index (χ1) is 14.2. The van der Waals surface area contributed by atoms with Gasteiger partial charge >= 0.3 is 0 Å². The van der Waals surface area contributed by atoms with Crippen LogP contribution in [0.5, 0.6) is 11.5 Å². The number of rotatable bonds is 7. The Morgan fingerprint density at radius 3 is 2.55 bits per heavy atom. The van der Waals surface area contributed by atoms with Crippen molar-refractivity contribution in [3.8, 4) is 23.3 Å². The molecule has 0 aliphatic carbocycles. The van der Waals surface area contributed by atoms with Crippen LogP contribution in [0.25, 0.3) is 0 Å². The van der Waals surface area contributed by atoms with Crippen molar-refractivity contribution in [1.82, 2.24) is 0 Å². The zero-order valence-electron chi connectivity index (χ0n) is 16.7. The maximum absolute atomic E-state index is 14.3. The van der Waals surface area contributed by atoms with Crippen LogP contribution in [0.3, 0.4) is 0 Å². The summed E-state index contributed by atoms with van der Waals surface area (Å²) in [7, 11) is 0. The lowest BCUT2D eigenvalue weighted by Crippen LogP contribution is -2.24. The van der Waals surface area contributed by atoms with Crippen molar-refractivity contribution < 1.29 is 23.0 Å². The number of hydrogen-bond acceptors (Lipinski definition) is 3. The van der Waals surface area contributed by atoms with Crippen LogP contribution in [0.2, 0.25) is 0 Å². The Bertz CT molecular complexity index is 847. The molecule has 1 unspecified atom stereocenters. The molecule has 0 spiro atoms. The Hall–Kier alpha value is -2.58. The first kappa shape index (κ1) is 21.1. The van der Waals surface area contributed by atoms with Gasteiger partial charge in [-0.1, -0.05) is 31.6 Å². The minimum absolute atomic E-state index is 0.000611. The van der Waals surface area contributed by atoms with Gasteiger partial charge in [0.05, 0.1) is 18.8 Å². The van der Waals surface area contributed by atoms with Crippen molar-refractivity contribution in [3.05, 3.63) is 59.2 Å². The van der Waals surface area contributed by atoms with Crippen molar-refractivity contribution in [1.29, 1.82) is 0 Å². The lowest BCUT2D eigenvalue weighted by Gasteiger charge is -2.23. The highest BCUT2D eigenvalue weighted by Gasteiger charge is 2.15. The molecule has 0 amide bonds. The van der Waals surface area contributed by atoms with Crippen LogP contribution in [0.1, 0.15) is 56.6 Å². The van der Waals surface area contributed by atoms with Crippen molar-refractivity contribution in [2.75, 3.05) is 13.2 Å². The molecule has 0 bridgehead atoms. The van der Waals surface area contributed by atoms with Gasteiger partial charge in [0.2, 0.25) is 5.82 Å². The quantitative estimate of drug-likeness (QED) is 0.432. The summed E-state index contributed by atoms with van der Waals surface area (Å²) in [4.78, 5) is 0. The number of benzene rings is 2. The van der Waals surface area contributed by atoms with Gasteiger partial charge in [-0.15, -0.1) is 0 Å². The molecule has 1 atom stereocenters. The summed E-state index contributed by atoms with van der Waals surface area (Å²) < 4.78 is 45.1. The van der Waals surface area contributed by atoms with E-state index in [0.29, 0.717) is 17.9 Å². The van der Waals surface area contributed by atoms with Gasteiger partial charge < -0.3 is 14.2 Å². The van der Waals surface area contributed by atoms with E-state index in [1.54, 1.807) is 24.3 Å². The molecular weight excluding hydrogens is 374 g/mol. The summed E-state index contributed by atoms with van der Waals surface area (Å²) in [6, 6.07) is 10.0. The van der Waals surface area contributed by atoms with E-state index in [9.17, 15) is 8.78 Å². The third-order valence-corrected chi connectivity index (χ3v) is 4.65. The van der Waals surface area contributed by atoms with Crippen LogP contribution in [-0.4, -0.2) is 19.5 Å². The van der Waals surface area contributed by atoms with Crippen molar-refractivity contribution in [2.24, 2.45) is 0 Å². The second-order valence-electron chi connectivity index (χ2n) is 6.98. The van der Waals surface area contributed by atoms with E-state index < -0.39 is 11.6 Å². The Balaban J connectivity index is 1.62. The average molecular weight is 400 g/mol. The molecule has 0 radical (unpaired) electrons. The molecule has 5 heteroatoms. The molecule has 1 heterocycles. The highest BCUT2D eigenvalue weighted by molar-refractivity contribution is 5.46. The maximum Gasteiger partial charge on any atom is 0.201 e. The van der Waals surface area contributed by atoms with Crippen molar-refractivity contribution in [2.45, 2.75) is 51.7 Å². The van der Waals surface area contributed by atoms with E-state index in [1.807, 2.05) is 0 Å². The summed E-state index contributed by atoms with van der Waals surface area (Å²) in [6.07, 6.45) is 5.68. The summed E-state index contributed by atoms with van der Waals surface area (Å²) in [6.45, 7) is 3.16. The third kappa shape index (κ3) is 6.20. The van der Waals surface area contributed by atoms with Gasteiger partial charge in [0, 0.05) is 12.0 Å². The molecule has 2 aromatic carbocycles. The lowest BCUT2D eigenvalue weighted by molar-refractivity contribution is -0.105. The zero-order chi connectivity index (χ0) is 20.5. The van der Waals surface area contributed by atoms with Gasteiger partial charge in [0.15, 0.2) is 17.9 Å². The largest absolute Gasteiger partial charge is 0.490 e. The van der Waals surface area contributed by atoms with E-state index in [-0.39, 0.29) is 17.6 Å². The van der Waals surface area contributed by atoms with E-state index in [1.165, 1.54) is 12.1 Å². The van der Waals surface area contributed by atoms with Gasteiger partial charge in [-0.3, -0.25) is 0 Å². The van der Waals surface area contributed by atoms with Crippen LogP contribution in [-0.2, 0) is 4.74 Å². The molecule has 1 saturated heterocycles. The molecule has 3 nitrogen and oxygen atoms in total. The van der Waals surface area contributed by atoms with Crippen LogP contribution >= 0.6 is 0 Å². The predicted molar refractivity (Wildman–Crippen MR) is 108 cm³/mol.